The summed E-state index contributed by atoms with van der Waals surface area (Å²) in [6, 6.07) is 10.0. The van der Waals surface area contributed by atoms with Crippen molar-refractivity contribution in [3.8, 4) is 11.1 Å². The van der Waals surface area contributed by atoms with Crippen LogP contribution in [0.5, 0.6) is 0 Å². The van der Waals surface area contributed by atoms with Gasteiger partial charge in [0.05, 0.1) is 35.1 Å². The number of imidazole rings is 1. The van der Waals surface area contributed by atoms with Crippen LogP contribution in [-0.2, 0) is 14.8 Å². The molecule has 2 aromatic carbocycles. The van der Waals surface area contributed by atoms with Crippen LogP contribution in [-0.4, -0.2) is 52.7 Å². The smallest absolute Gasteiger partial charge is 0.227 e. The molecule has 4 heterocycles. The number of sulfonamides is 1. The van der Waals surface area contributed by atoms with Gasteiger partial charge in [-0.2, -0.15) is 0 Å². The average Bonchev–Trinajstić information content (AvgIpc) is 3.62. The van der Waals surface area contributed by atoms with Crippen LogP contribution in [0, 0.1) is 26.6 Å². The summed E-state index contributed by atoms with van der Waals surface area (Å²) >= 11 is 0. The SMILES string of the molecule is Cc1cc(F)cc(N2C(=O)CC[C@H]2c2nc3cc(-c4c(C)noc4C)ccc3n2[C@@H]2CCN(S(C)(=O)=O)C2)c1. The summed E-state index contributed by atoms with van der Waals surface area (Å²) < 4.78 is 48.0. The zero-order valence-corrected chi connectivity index (χ0v) is 23.1. The molecule has 39 heavy (non-hydrogen) atoms. The highest BCUT2D eigenvalue weighted by Gasteiger charge is 2.40. The maximum atomic E-state index is 14.4. The van der Waals surface area contributed by atoms with Crippen LogP contribution in [0.4, 0.5) is 10.1 Å². The van der Waals surface area contributed by atoms with E-state index < -0.39 is 21.9 Å². The molecule has 11 heteroatoms. The van der Waals surface area contributed by atoms with Crippen LogP contribution in [0.2, 0.25) is 0 Å². The molecule has 0 bridgehead atoms. The minimum Gasteiger partial charge on any atom is -0.361 e. The molecule has 0 saturated carbocycles. The van der Waals surface area contributed by atoms with E-state index in [-0.39, 0.29) is 11.9 Å². The molecule has 0 spiro atoms. The largest absolute Gasteiger partial charge is 0.361 e. The second-order valence-corrected chi connectivity index (χ2v) is 12.6. The maximum Gasteiger partial charge on any atom is 0.227 e. The number of aryl methyl sites for hydroxylation is 3. The van der Waals surface area contributed by atoms with E-state index in [1.807, 2.05) is 38.1 Å². The Morgan fingerprint density at radius 2 is 1.87 bits per heavy atom. The fourth-order valence-corrected chi connectivity index (χ4v) is 7.00. The van der Waals surface area contributed by atoms with E-state index in [0.717, 1.165) is 33.4 Å². The van der Waals surface area contributed by atoms with Gasteiger partial charge >= 0.3 is 0 Å². The third-order valence-electron chi connectivity index (χ3n) is 7.81. The Labute approximate surface area is 226 Å². The molecular formula is C28H30FN5O4S. The van der Waals surface area contributed by atoms with E-state index in [1.54, 1.807) is 11.8 Å². The topological polar surface area (TPSA) is 102 Å². The minimum atomic E-state index is -3.35. The highest BCUT2D eigenvalue weighted by atomic mass is 32.2. The Balaban J connectivity index is 1.52. The van der Waals surface area contributed by atoms with Crippen molar-refractivity contribution >= 4 is 32.7 Å². The lowest BCUT2D eigenvalue weighted by molar-refractivity contribution is -0.117. The van der Waals surface area contributed by atoms with Crippen molar-refractivity contribution in [2.24, 2.45) is 0 Å². The monoisotopic (exact) mass is 551 g/mol. The second-order valence-electron chi connectivity index (χ2n) is 10.6. The quantitative estimate of drug-likeness (QED) is 0.352. The summed E-state index contributed by atoms with van der Waals surface area (Å²) in [5.74, 6) is 0.888. The van der Waals surface area contributed by atoms with Crippen molar-refractivity contribution in [1.29, 1.82) is 0 Å². The van der Waals surface area contributed by atoms with E-state index in [9.17, 15) is 17.6 Å². The van der Waals surface area contributed by atoms with E-state index >= 15 is 0 Å². The van der Waals surface area contributed by atoms with Crippen molar-refractivity contribution in [3.63, 3.8) is 0 Å². The lowest BCUT2D eigenvalue weighted by Crippen LogP contribution is -2.31. The van der Waals surface area contributed by atoms with Gasteiger partial charge in [-0.3, -0.25) is 4.79 Å². The number of anilines is 1. The molecule has 6 rings (SSSR count). The first-order valence-corrected chi connectivity index (χ1v) is 14.9. The molecular weight excluding hydrogens is 521 g/mol. The Bertz CT molecular complexity index is 1690. The molecule has 0 N–H and O–H groups in total. The van der Waals surface area contributed by atoms with Crippen LogP contribution in [0.15, 0.2) is 40.9 Å². The van der Waals surface area contributed by atoms with Gasteiger partial charge in [0.25, 0.3) is 0 Å². The van der Waals surface area contributed by atoms with E-state index in [0.29, 0.717) is 49.6 Å². The Morgan fingerprint density at radius 3 is 2.54 bits per heavy atom. The molecule has 0 unspecified atom stereocenters. The summed E-state index contributed by atoms with van der Waals surface area (Å²) in [5, 5.41) is 4.08. The molecule has 0 aliphatic carbocycles. The molecule has 4 aromatic rings. The highest BCUT2D eigenvalue weighted by Crippen LogP contribution is 2.41. The van der Waals surface area contributed by atoms with Gasteiger partial charge in [0.15, 0.2) is 0 Å². The van der Waals surface area contributed by atoms with Gasteiger partial charge in [0.2, 0.25) is 15.9 Å². The number of aromatic nitrogens is 3. The van der Waals surface area contributed by atoms with Crippen LogP contribution < -0.4 is 4.90 Å². The second kappa shape index (κ2) is 9.27. The molecule has 2 aliphatic heterocycles. The maximum absolute atomic E-state index is 14.4. The molecule has 0 radical (unpaired) electrons. The van der Waals surface area contributed by atoms with Gasteiger partial charge in [-0.25, -0.2) is 22.1 Å². The minimum absolute atomic E-state index is 0.0933. The lowest BCUT2D eigenvalue weighted by atomic mass is 10.0. The molecule has 2 aromatic heterocycles. The van der Waals surface area contributed by atoms with E-state index in [2.05, 4.69) is 9.72 Å². The van der Waals surface area contributed by atoms with Crippen LogP contribution in [0.25, 0.3) is 22.2 Å². The van der Waals surface area contributed by atoms with Crippen molar-refractivity contribution in [3.05, 3.63) is 65.1 Å². The summed E-state index contributed by atoms with van der Waals surface area (Å²) in [6.07, 6.45) is 2.68. The van der Waals surface area contributed by atoms with Crippen LogP contribution >= 0.6 is 0 Å². The highest BCUT2D eigenvalue weighted by molar-refractivity contribution is 7.88. The fourth-order valence-electron chi connectivity index (χ4n) is 6.12. The van der Waals surface area contributed by atoms with Crippen molar-refractivity contribution in [2.75, 3.05) is 24.2 Å². The third kappa shape index (κ3) is 4.43. The fraction of sp³-hybridized carbons (Fsp3) is 0.393. The number of hydrogen-bond donors (Lipinski definition) is 0. The summed E-state index contributed by atoms with van der Waals surface area (Å²) in [6.45, 7) is 6.29. The predicted octanol–water partition coefficient (Wildman–Crippen LogP) is 4.83. The van der Waals surface area contributed by atoms with Gasteiger partial charge in [0, 0.05) is 30.8 Å². The number of amides is 1. The normalized spacial score (nSPS) is 20.5. The first-order chi connectivity index (χ1) is 18.5. The van der Waals surface area contributed by atoms with Gasteiger partial charge in [0.1, 0.15) is 17.4 Å². The zero-order chi connectivity index (χ0) is 27.6. The Kier molecular flexibility index (Phi) is 6.11. The number of nitrogens with zero attached hydrogens (tertiary/aromatic N) is 5. The number of benzene rings is 2. The summed E-state index contributed by atoms with van der Waals surface area (Å²) in [4.78, 5) is 19.9. The lowest BCUT2D eigenvalue weighted by Gasteiger charge is -2.27. The number of halogens is 1. The molecule has 2 atom stereocenters. The number of hydrogen-bond acceptors (Lipinski definition) is 6. The molecule has 9 nitrogen and oxygen atoms in total. The number of fused-ring (bicyclic) bond motifs is 1. The van der Waals surface area contributed by atoms with Gasteiger partial charge in [-0.1, -0.05) is 11.2 Å². The van der Waals surface area contributed by atoms with Crippen LogP contribution in [0.1, 0.15) is 54.2 Å². The van der Waals surface area contributed by atoms with Crippen molar-refractivity contribution in [2.45, 2.75) is 52.1 Å². The van der Waals surface area contributed by atoms with Crippen molar-refractivity contribution in [1.82, 2.24) is 19.0 Å². The summed E-state index contributed by atoms with van der Waals surface area (Å²) in [7, 11) is -3.35. The van der Waals surface area contributed by atoms with Crippen molar-refractivity contribution < 1.29 is 22.1 Å². The van der Waals surface area contributed by atoms with Gasteiger partial charge < -0.3 is 14.0 Å². The number of carbonyl (C=O) groups excluding carboxylic acids is 1. The predicted molar refractivity (Wildman–Crippen MR) is 145 cm³/mol. The Morgan fingerprint density at radius 1 is 1.08 bits per heavy atom. The average molecular weight is 552 g/mol. The number of rotatable bonds is 5. The number of carbonyl (C=O) groups is 1. The molecule has 2 saturated heterocycles. The first kappa shape index (κ1) is 25.7. The molecule has 2 fully saturated rings. The first-order valence-electron chi connectivity index (χ1n) is 13.0. The third-order valence-corrected chi connectivity index (χ3v) is 9.08. The standard InChI is InChI=1S/C28H30FN5O4S/c1-16-11-20(29)14-22(12-16)33-25(7-8-26(33)35)28-30-23-13-19(27-17(2)31-38-18(27)3)5-6-24(23)34(28)21-9-10-32(15-21)39(4,36)37/h5-6,11-14,21,25H,7-10,15H2,1-4H3/t21-,25+/m1/s1. The summed E-state index contributed by atoms with van der Waals surface area (Å²) in [5.41, 5.74) is 5.41. The van der Waals surface area contributed by atoms with Gasteiger partial charge in [-0.05, 0) is 75.1 Å². The zero-order valence-electron chi connectivity index (χ0n) is 22.3. The van der Waals surface area contributed by atoms with Gasteiger partial charge in [-0.15, -0.1) is 0 Å². The molecule has 204 valence electrons. The molecule has 1 amide bonds. The van der Waals surface area contributed by atoms with E-state index in [4.69, 9.17) is 9.51 Å². The molecule has 2 aliphatic rings. The van der Waals surface area contributed by atoms with Crippen LogP contribution in [0.3, 0.4) is 0 Å². The Hall–Kier alpha value is -3.57. The van der Waals surface area contributed by atoms with E-state index in [1.165, 1.54) is 22.7 Å².